The minimum Gasteiger partial charge on any atom is -0.383 e. The molecule has 3 heteroatoms. The Morgan fingerprint density at radius 2 is 2.38 bits per heavy atom. The van der Waals surface area contributed by atoms with Gasteiger partial charge in [0.2, 0.25) is 0 Å². The van der Waals surface area contributed by atoms with Crippen molar-refractivity contribution in [1.82, 2.24) is 10.6 Å². The number of hydrogen-bond acceptors (Lipinski definition) is 3. The van der Waals surface area contributed by atoms with Gasteiger partial charge in [0.1, 0.15) is 0 Å². The lowest BCUT2D eigenvalue weighted by molar-refractivity contribution is 0.197. The highest BCUT2D eigenvalue weighted by Crippen LogP contribution is 2.32. The van der Waals surface area contributed by atoms with Gasteiger partial charge >= 0.3 is 0 Å². The molecule has 0 aromatic heterocycles. The molecule has 0 amide bonds. The van der Waals surface area contributed by atoms with Crippen molar-refractivity contribution in [3.63, 3.8) is 0 Å². The first-order valence-corrected chi connectivity index (χ1v) is 5.36. The van der Waals surface area contributed by atoms with Crippen LogP contribution in [0.5, 0.6) is 0 Å². The molecule has 2 bridgehead atoms. The van der Waals surface area contributed by atoms with Crippen LogP contribution in [0.4, 0.5) is 0 Å². The molecule has 3 atom stereocenters. The first-order valence-electron chi connectivity index (χ1n) is 5.36. The van der Waals surface area contributed by atoms with Crippen LogP contribution in [0.3, 0.4) is 0 Å². The molecule has 0 spiro atoms. The van der Waals surface area contributed by atoms with E-state index in [2.05, 4.69) is 10.6 Å². The topological polar surface area (TPSA) is 33.3 Å². The standard InChI is InChI=1S/C10H20N2O/c1-13-5-4-11-7-8-6-9-2-3-10(8)12-9/h8-12H,2-7H2,1H3. The van der Waals surface area contributed by atoms with Gasteiger partial charge in [0.25, 0.3) is 0 Å². The van der Waals surface area contributed by atoms with Gasteiger partial charge in [-0.15, -0.1) is 0 Å². The Kier molecular flexibility index (Phi) is 3.19. The molecule has 76 valence electrons. The Hall–Kier alpha value is -0.120. The summed E-state index contributed by atoms with van der Waals surface area (Å²) in [5, 5.41) is 7.10. The molecule has 0 radical (unpaired) electrons. The molecular formula is C10H20N2O. The van der Waals surface area contributed by atoms with E-state index in [0.29, 0.717) is 0 Å². The molecule has 0 aromatic carbocycles. The van der Waals surface area contributed by atoms with Crippen LogP contribution < -0.4 is 10.6 Å². The molecule has 2 N–H and O–H groups in total. The molecular weight excluding hydrogens is 164 g/mol. The summed E-state index contributed by atoms with van der Waals surface area (Å²) in [6.07, 6.45) is 4.17. The normalized spacial score (nSPS) is 37.2. The van der Waals surface area contributed by atoms with E-state index in [1.807, 2.05) is 0 Å². The van der Waals surface area contributed by atoms with Crippen molar-refractivity contribution in [3.8, 4) is 0 Å². The van der Waals surface area contributed by atoms with Crippen molar-refractivity contribution in [2.75, 3.05) is 26.8 Å². The second-order valence-corrected chi connectivity index (χ2v) is 4.24. The molecule has 2 heterocycles. The third kappa shape index (κ3) is 2.22. The Morgan fingerprint density at radius 3 is 3.00 bits per heavy atom. The summed E-state index contributed by atoms with van der Waals surface area (Å²) < 4.78 is 4.99. The molecule has 3 unspecified atom stereocenters. The lowest BCUT2D eigenvalue weighted by Gasteiger charge is -2.20. The summed E-state index contributed by atoms with van der Waals surface area (Å²) >= 11 is 0. The Labute approximate surface area is 80.2 Å². The van der Waals surface area contributed by atoms with Crippen LogP contribution in [0.2, 0.25) is 0 Å². The molecule has 3 nitrogen and oxygen atoms in total. The van der Waals surface area contributed by atoms with E-state index in [9.17, 15) is 0 Å². The quantitative estimate of drug-likeness (QED) is 0.605. The third-order valence-electron chi connectivity index (χ3n) is 3.32. The van der Waals surface area contributed by atoms with E-state index in [1.165, 1.54) is 19.3 Å². The summed E-state index contributed by atoms with van der Waals surface area (Å²) in [5.74, 6) is 0.871. The molecule has 0 aromatic rings. The number of fused-ring (bicyclic) bond motifs is 2. The summed E-state index contributed by atoms with van der Waals surface area (Å²) in [7, 11) is 1.75. The zero-order chi connectivity index (χ0) is 9.10. The highest BCUT2D eigenvalue weighted by Gasteiger charge is 2.38. The number of rotatable bonds is 5. The number of methoxy groups -OCH3 is 1. The molecule has 2 aliphatic rings. The van der Waals surface area contributed by atoms with Gasteiger partial charge in [-0.2, -0.15) is 0 Å². The fourth-order valence-corrected chi connectivity index (χ4v) is 2.62. The number of nitrogens with one attached hydrogen (secondary N) is 2. The Bertz CT molecular complexity index is 163. The minimum atomic E-state index is 0.806. The van der Waals surface area contributed by atoms with Gasteiger partial charge in [0.15, 0.2) is 0 Å². The van der Waals surface area contributed by atoms with Crippen molar-refractivity contribution in [2.45, 2.75) is 31.3 Å². The predicted molar refractivity (Wildman–Crippen MR) is 52.8 cm³/mol. The van der Waals surface area contributed by atoms with E-state index in [0.717, 1.165) is 37.7 Å². The van der Waals surface area contributed by atoms with Gasteiger partial charge in [0.05, 0.1) is 6.61 Å². The van der Waals surface area contributed by atoms with Crippen molar-refractivity contribution in [2.24, 2.45) is 5.92 Å². The van der Waals surface area contributed by atoms with Crippen molar-refractivity contribution in [3.05, 3.63) is 0 Å². The lowest BCUT2D eigenvalue weighted by atomic mass is 9.89. The zero-order valence-corrected chi connectivity index (χ0v) is 8.38. The molecule has 2 aliphatic heterocycles. The monoisotopic (exact) mass is 184 g/mol. The van der Waals surface area contributed by atoms with E-state index in [-0.39, 0.29) is 0 Å². The second kappa shape index (κ2) is 4.40. The zero-order valence-electron chi connectivity index (χ0n) is 8.38. The fourth-order valence-electron chi connectivity index (χ4n) is 2.62. The molecule has 13 heavy (non-hydrogen) atoms. The number of hydrogen-bond donors (Lipinski definition) is 2. The highest BCUT2D eigenvalue weighted by molar-refractivity contribution is 4.97. The van der Waals surface area contributed by atoms with Crippen molar-refractivity contribution >= 4 is 0 Å². The molecule has 0 aliphatic carbocycles. The van der Waals surface area contributed by atoms with E-state index in [1.54, 1.807) is 7.11 Å². The van der Waals surface area contributed by atoms with E-state index < -0.39 is 0 Å². The average molecular weight is 184 g/mol. The van der Waals surface area contributed by atoms with Crippen molar-refractivity contribution < 1.29 is 4.74 Å². The molecule has 0 saturated carbocycles. The average Bonchev–Trinajstić information content (AvgIpc) is 2.73. The van der Waals surface area contributed by atoms with Crippen LogP contribution in [0.1, 0.15) is 19.3 Å². The van der Waals surface area contributed by atoms with Gasteiger partial charge in [0, 0.05) is 25.7 Å². The van der Waals surface area contributed by atoms with Crippen LogP contribution >= 0.6 is 0 Å². The van der Waals surface area contributed by atoms with Crippen LogP contribution in [0, 0.1) is 5.92 Å². The van der Waals surface area contributed by atoms with Crippen LogP contribution in [0.25, 0.3) is 0 Å². The maximum atomic E-state index is 4.99. The summed E-state index contributed by atoms with van der Waals surface area (Å²) in [4.78, 5) is 0. The summed E-state index contributed by atoms with van der Waals surface area (Å²) in [6, 6.07) is 1.64. The molecule has 2 saturated heterocycles. The summed E-state index contributed by atoms with van der Waals surface area (Å²) in [5.41, 5.74) is 0. The van der Waals surface area contributed by atoms with Gasteiger partial charge in [-0.05, 0) is 31.7 Å². The van der Waals surface area contributed by atoms with E-state index in [4.69, 9.17) is 4.74 Å². The van der Waals surface area contributed by atoms with Crippen molar-refractivity contribution in [1.29, 1.82) is 0 Å². The van der Waals surface area contributed by atoms with Crippen LogP contribution in [-0.4, -0.2) is 38.9 Å². The lowest BCUT2D eigenvalue weighted by Crippen LogP contribution is -2.33. The largest absolute Gasteiger partial charge is 0.383 e. The first kappa shape index (κ1) is 9.44. The second-order valence-electron chi connectivity index (χ2n) is 4.24. The summed E-state index contributed by atoms with van der Waals surface area (Å²) in [6.45, 7) is 2.98. The highest BCUT2D eigenvalue weighted by atomic mass is 16.5. The van der Waals surface area contributed by atoms with E-state index >= 15 is 0 Å². The first-order chi connectivity index (χ1) is 6.40. The Balaban J connectivity index is 1.60. The minimum absolute atomic E-state index is 0.806. The maximum absolute atomic E-state index is 4.99. The number of ether oxygens (including phenoxy) is 1. The van der Waals surface area contributed by atoms with Gasteiger partial charge in [-0.25, -0.2) is 0 Å². The van der Waals surface area contributed by atoms with Gasteiger partial charge in [-0.3, -0.25) is 0 Å². The van der Waals surface area contributed by atoms with Gasteiger partial charge in [-0.1, -0.05) is 0 Å². The SMILES string of the molecule is COCCNCC1CC2CCC1N2. The third-order valence-corrected chi connectivity index (χ3v) is 3.32. The fraction of sp³-hybridized carbons (Fsp3) is 1.00. The van der Waals surface area contributed by atoms with Crippen LogP contribution in [-0.2, 0) is 4.74 Å². The maximum Gasteiger partial charge on any atom is 0.0587 e. The predicted octanol–water partition coefficient (Wildman–Crippen LogP) is 0.363. The Morgan fingerprint density at radius 1 is 1.46 bits per heavy atom. The van der Waals surface area contributed by atoms with Crippen LogP contribution in [0.15, 0.2) is 0 Å². The molecule has 2 fully saturated rings. The molecule has 2 rings (SSSR count). The smallest absolute Gasteiger partial charge is 0.0587 e. The van der Waals surface area contributed by atoms with Gasteiger partial charge < -0.3 is 15.4 Å².